The quantitative estimate of drug-likeness (QED) is 0.819. The average molecular weight is 321 g/mol. The van der Waals surface area contributed by atoms with Gasteiger partial charge in [-0.1, -0.05) is 12.1 Å². The van der Waals surface area contributed by atoms with E-state index in [1.807, 2.05) is 11.8 Å². The van der Waals surface area contributed by atoms with Crippen molar-refractivity contribution in [1.82, 2.24) is 24.8 Å². The number of amides is 1. The number of carbonyl (C=O) groups excluding carboxylic acids is 1. The van der Waals surface area contributed by atoms with Crippen molar-refractivity contribution >= 4 is 5.91 Å². The average Bonchev–Trinajstić information content (AvgIpc) is 2.96. The lowest BCUT2D eigenvalue weighted by atomic mass is 10.0. The van der Waals surface area contributed by atoms with Gasteiger partial charge in [-0.15, -0.1) is 0 Å². The van der Waals surface area contributed by atoms with Crippen molar-refractivity contribution in [3.63, 3.8) is 0 Å². The van der Waals surface area contributed by atoms with Crippen molar-refractivity contribution in [2.24, 2.45) is 5.92 Å². The standard InChI is InChI=1S/C16H27N5O2/c1-12-9-19(11-16-17-13(2)18-23-16)10-15(12)21-6-4-5-20(7-8-21)14(3)22/h12,15H,4-11H2,1-3H3. The molecule has 0 aliphatic carbocycles. The van der Waals surface area contributed by atoms with Gasteiger partial charge in [-0.2, -0.15) is 4.98 Å². The molecule has 3 rings (SSSR count). The Bertz CT molecular complexity index is 546. The number of hydrogen-bond donors (Lipinski definition) is 0. The summed E-state index contributed by atoms with van der Waals surface area (Å²) < 4.78 is 5.24. The maximum absolute atomic E-state index is 11.6. The molecule has 0 bridgehead atoms. The second-order valence-corrected chi connectivity index (χ2v) is 6.87. The summed E-state index contributed by atoms with van der Waals surface area (Å²) in [6.45, 7) is 12.4. The van der Waals surface area contributed by atoms with Crippen molar-refractivity contribution in [3.05, 3.63) is 11.7 Å². The van der Waals surface area contributed by atoms with E-state index in [-0.39, 0.29) is 5.91 Å². The SMILES string of the molecule is CC(=O)N1CCCN(C2CN(Cc3nc(C)no3)CC2C)CC1. The Morgan fingerprint density at radius 1 is 1.26 bits per heavy atom. The van der Waals surface area contributed by atoms with E-state index in [0.29, 0.717) is 23.7 Å². The zero-order valence-corrected chi connectivity index (χ0v) is 14.4. The third-order valence-electron chi connectivity index (χ3n) is 5.02. The lowest BCUT2D eigenvalue weighted by Gasteiger charge is -2.30. The molecule has 7 heteroatoms. The number of hydrogen-bond acceptors (Lipinski definition) is 6. The van der Waals surface area contributed by atoms with Crippen LogP contribution in [0.25, 0.3) is 0 Å². The summed E-state index contributed by atoms with van der Waals surface area (Å²) >= 11 is 0. The predicted octanol–water partition coefficient (Wildman–Crippen LogP) is 0.753. The Hall–Kier alpha value is -1.47. The molecule has 0 saturated carbocycles. The van der Waals surface area contributed by atoms with Crippen molar-refractivity contribution in [1.29, 1.82) is 0 Å². The zero-order chi connectivity index (χ0) is 16.4. The summed E-state index contributed by atoms with van der Waals surface area (Å²) in [6, 6.07) is 0.547. The molecule has 1 aromatic heterocycles. The van der Waals surface area contributed by atoms with E-state index < -0.39 is 0 Å². The number of likely N-dealkylation sites (tertiary alicyclic amines) is 1. The second kappa shape index (κ2) is 6.97. The molecule has 2 saturated heterocycles. The van der Waals surface area contributed by atoms with Crippen LogP contribution < -0.4 is 0 Å². The predicted molar refractivity (Wildman–Crippen MR) is 85.7 cm³/mol. The molecular formula is C16H27N5O2. The molecule has 1 amide bonds. The summed E-state index contributed by atoms with van der Waals surface area (Å²) in [5.74, 6) is 2.21. The van der Waals surface area contributed by atoms with Crippen molar-refractivity contribution in [2.45, 2.75) is 39.8 Å². The fraction of sp³-hybridized carbons (Fsp3) is 0.812. The van der Waals surface area contributed by atoms with Gasteiger partial charge in [0.05, 0.1) is 6.54 Å². The van der Waals surface area contributed by atoms with Crippen LogP contribution in [0.1, 0.15) is 32.0 Å². The fourth-order valence-electron chi connectivity index (χ4n) is 3.83. The normalized spacial score (nSPS) is 27.3. The number of carbonyl (C=O) groups is 1. The first-order chi connectivity index (χ1) is 11.0. The smallest absolute Gasteiger partial charge is 0.240 e. The first-order valence-corrected chi connectivity index (χ1v) is 8.54. The molecule has 7 nitrogen and oxygen atoms in total. The summed E-state index contributed by atoms with van der Waals surface area (Å²) in [6.07, 6.45) is 1.06. The molecule has 128 valence electrons. The van der Waals surface area contributed by atoms with Crippen molar-refractivity contribution in [2.75, 3.05) is 39.3 Å². The van der Waals surface area contributed by atoms with E-state index in [0.717, 1.165) is 52.2 Å². The lowest BCUT2D eigenvalue weighted by molar-refractivity contribution is -0.128. The number of rotatable bonds is 3. The van der Waals surface area contributed by atoms with Gasteiger partial charge >= 0.3 is 0 Å². The first-order valence-electron chi connectivity index (χ1n) is 8.54. The molecule has 2 aliphatic rings. The Kier molecular flexibility index (Phi) is 4.96. The van der Waals surface area contributed by atoms with E-state index in [1.54, 1.807) is 6.92 Å². The van der Waals surface area contributed by atoms with Crippen LogP contribution in [-0.4, -0.2) is 76.1 Å². The Morgan fingerprint density at radius 2 is 2.09 bits per heavy atom. The Morgan fingerprint density at radius 3 is 2.78 bits per heavy atom. The molecule has 1 aromatic rings. The highest BCUT2D eigenvalue weighted by Gasteiger charge is 2.35. The highest BCUT2D eigenvalue weighted by molar-refractivity contribution is 5.73. The number of aromatic nitrogens is 2. The van der Waals surface area contributed by atoms with Gasteiger partial charge in [0.25, 0.3) is 0 Å². The molecule has 0 radical (unpaired) electrons. The van der Waals surface area contributed by atoms with Crippen LogP contribution >= 0.6 is 0 Å². The minimum Gasteiger partial charge on any atom is -0.342 e. The Balaban J connectivity index is 1.57. The highest BCUT2D eigenvalue weighted by Crippen LogP contribution is 2.24. The third-order valence-corrected chi connectivity index (χ3v) is 5.02. The van der Waals surface area contributed by atoms with Gasteiger partial charge in [-0.3, -0.25) is 14.6 Å². The van der Waals surface area contributed by atoms with E-state index in [2.05, 4.69) is 26.9 Å². The van der Waals surface area contributed by atoms with E-state index in [1.165, 1.54) is 0 Å². The van der Waals surface area contributed by atoms with Gasteiger partial charge in [-0.25, -0.2) is 0 Å². The van der Waals surface area contributed by atoms with Gasteiger partial charge in [0.1, 0.15) is 0 Å². The van der Waals surface area contributed by atoms with Gasteiger partial charge in [0.15, 0.2) is 5.82 Å². The monoisotopic (exact) mass is 321 g/mol. The van der Waals surface area contributed by atoms with E-state index in [4.69, 9.17) is 4.52 Å². The van der Waals surface area contributed by atoms with Crippen molar-refractivity contribution < 1.29 is 9.32 Å². The zero-order valence-electron chi connectivity index (χ0n) is 14.4. The third kappa shape index (κ3) is 3.90. The van der Waals surface area contributed by atoms with E-state index >= 15 is 0 Å². The largest absolute Gasteiger partial charge is 0.342 e. The second-order valence-electron chi connectivity index (χ2n) is 6.87. The summed E-state index contributed by atoms with van der Waals surface area (Å²) in [4.78, 5) is 22.8. The van der Waals surface area contributed by atoms with E-state index in [9.17, 15) is 4.79 Å². The molecule has 2 atom stereocenters. The number of aryl methyl sites for hydroxylation is 1. The molecule has 0 spiro atoms. The topological polar surface area (TPSA) is 65.7 Å². The molecule has 2 fully saturated rings. The molecule has 2 aliphatic heterocycles. The molecule has 2 unspecified atom stereocenters. The highest BCUT2D eigenvalue weighted by atomic mass is 16.5. The fourth-order valence-corrected chi connectivity index (χ4v) is 3.83. The maximum Gasteiger partial charge on any atom is 0.240 e. The molecular weight excluding hydrogens is 294 g/mol. The van der Waals surface area contributed by atoms with Gasteiger partial charge in [0.2, 0.25) is 11.8 Å². The van der Waals surface area contributed by atoms with Gasteiger partial charge < -0.3 is 9.42 Å². The molecule has 0 N–H and O–H groups in total. The minimum atomic E-state index is 0.194. The van der Waals surface area contributed by atoms with Crippen LogP contribution in [0.4, 0.5) is 0 Å². The summed E-state index contributed by atoms with van der Waals surface area (Å²) in [5.41, 5.74) is 0. The van der Waals surface area contributed by atoms with Crippen LogP contribution in [0, 0.1) is 12.8 Å². The van der Waals surface area contributed by atoms with Gasteiger partial charge in [0, 0.05) is 52.2 Å². The lowest BCUT2D eigenvalue weighted by Crippen LogP contribution is -2.42. The molecule has 23 heavy (non-hydrogen) atoms. The summed E-state index contributed by atoms with van der Waals surface area (Å²) in [7, 11) is 0. The Labute approximate surface area is 137 Å². The number of nitrogens with zero attached hydrogens (tertiary/aromatic N) is 5. The van der Waals surface area contributed by atoms with Gasteiger partial charge in [-0.05, 0) is 19.3 Å². The molecule has 0 aromatic carbocycles. The van der Waals surface area contributed by atoms with Crippen LogP contribution in [0.5, 0.6) is 0 Å². The van der Waals surface area contributed by atoms with Crippen LogP contribution in [0.3, 0.4) is 0 Å². The van der Waals surface area contributed by atoms with Crippen molar-refractivity contribution in [3.8, 4) is 0 Å². The van der Waals surface area contributed by atoms with Crippen LogP contribution in [-0.2, 0) is 11.3 Å². The summed E-state index contributed by atoms with van der Waals surface area (Å²) in [5, 5.41) is 3.86. The maximum atomic E-state index is 11.6. The minimum absolute atomic E-state index is 0.194. The van der Waals surface area contributed by atoms with Crippen LogP contribution in [0.15, 0.2) is 4.52 Å². The van der Waals surface area contributed by atoms with Crippen LogP contribution in [0.2, 0.25) is 0 Å². The first kappa shape index (κ1) is 16.4. The molecule has 3 heterocycles.